The SMILES string of the molecule is CC#CCCCC#N. The van der Waals surface area contributed by atoms with Gasteiger partial charge in [0.1, 0.15) is 0 Å². The first-order valence-electron chi connectivity index (χ1n) is 2.68. The molecule has 1 nitrogen and oxygen atoms in total. The van der Waals surface area contributed by atoms with Crippen LogP contribution in [0.1, 0.15) is 26.2 Å². The van der Waals surface area contributed by atoms with Gasteiger partial charge in [-0.1, -0.05) is 0 Å². The zero-order valence-electron chi connectivity index (χ0n) is 5.07. The Labute approximate surface area is 50.3 Å². The Kier molecular flexibility index (Phi) is 5.33. The average molecular weight is 107 g/mol. The fourth-order valence-corrected chi connectivity index (χ4v) is 0.381. The number of nitriles is 1. The van der Waals surface area contributed by atoms with Crippen molar-refractivity contribution < 1.29 is 0 Å². The fraction of sp³-hybridized carbons (Fsp3) is 0.571. The molecule has 42 valence electrons. The molecule has 0 radical (unpaired) electrons. The number of nitrogens with zero attached hydrogens (tertiary/aromatic N) is 1. The highest BCUT2D eigenvalue weighted by atomic mass is 14.2. The van der Waals surface area contributed by atoms with Crippen molar-refractivity contribution in [3.63, 3.8) is 0 Å². The van der Waals surface area contributed by atoms with E-state index in [1.807, 2.05) is 6.92 Å². The Morgan fingerprint density at radius 3 is 2.62 bits per heavy atom. The summed E-state index contributed by atoms with van der Waals surface area (Å²) in [5, 5.41) is 8.07. The molecule has 0 aliphatic carbocycles. The van der Waals surface area contributed by atoms with Gasteiger partial charge in [-0.2, -0.15) is 5.26 Å². The summed E-state index contributed by atoms with van der Waals surface area (Å²) < 4.78 is 0. The van der Waals surface area contributed by atoms with Crippen LogP contribution >= 0.6 is 0 Å². The second-order valence-corrected chi connectivity index (χ2v) is 1.44. The molecule has 0 rings (SSSR count). The molecule has 0 aliphatic heterocycles. The van der Waals surface area contributed by atoms with Gasteiger partial charge in [0.15, 0.2) is 0 Å². The van der Waals surface area contributed by atoms with Crippen molar-refractivity contribution in [2.75, 3.05) is 0 Å². The van der Waals surface area contributed by atoms with Crippen molar-refractivity contribution in [1.82, 2.24) is 0 Å². The number of rotatable bonds is 2. The molecule has 0 aliphatic rings. The third-order valence-corrected chi connectivity index (χ3v) is 0.767. The lowest BCUT2D eigenvalue weighted by Gasteiger charge is -1.79. The second kappa shape index (κ2) is 6.05. The molecule has 0 atom stereocenters. The summed E-state index contributed by atoms with van der Waals surface area (Å²) in [5.41, 5.74) is 0. The summed E-state index contributed by atoms with van der Waals surface area (Å²) in [6.45, 7) is 1.81. The standard InChI is InChI=1S/C7H9N/c1-2-3-4-5-6-7-8/h4-6H2,1H3. The Hall–Kier alpha value is -0.950. The fourth-order valence-electron chi connectivity index (χ4n) is 0.381. The Bertz CT molecular complexity index is 131. The van der Waals surface area contributed by atoms with Gasteiger partial charge in [0.2, 0.25) is 0 Å². The van der Waals surface area contributed by atoms with Gasteiger partial charge in [-0.05, 0) is 13.3 Å². The molecular formula is C7H9N. The van der Waals surface area contributed by atoms with Crippen molar-refractivity contribution >= 4 is 0 Å². The van der Waals surface area contributed by atoms with E-state index in [0.29, 0.717) is 6.42 Å². The molecule has 0 heterocycles. The lowest BCUT2D eigenvalue weighted by Crippen LogP contribution is -1.67. The zero-order valence-corrected chi connectivity index (χ0v) is 5.07. The summed E-state index contributed by atoms with van der Waals surface area (Å²) in [7, 11) is 0. The molecule has 0 amide bonds. The van der Waals surface area contributed by atoms with Crippen molar-refractivity contribution in [2.45, 2.75) is 26.2 Å². The van der Waals surface area contributed by atoms with Gasteiger partial charge in [-0.15, -0.1) is 11.8 Å². The largest absolute Gasteiger partial charge is 0.198 e. The highest BCUT2D eigenvalue weighted by Crippen LogP contribution is 1.89. The summed E-state index contributed by atoms with van der Waals surface area (Å²) in [4.78, 5) is 0. The van der Waals surface area contributed by atoms with Gasteiger partial charge in [-0.25, -0.2) is 0 Å². The minimum Gasteiger partial charge on any atom is -0.198 e. The molecule has 8 heavy (non-hydrogen) atoms. The van der Waals surface area contributed by atoms with Crippen LogP contribution in [0.15, 0.2) is 0 Å². The quantitative estimate of drug-likeness (QED) is 0.389. The first kappa shape index (κ1) is 7.05. The van der Waals surface area contributed by atoms with E-state index in [0.717, 1.165) is 12.8 Å². The lowest BCUT2D eigenvalue weighted by molar-refractivity contribution is 0.894. The Balaban J connectivity index is 2.93. The number of hydrogen-bond acceptors (Lipinski definition) is 1. The zero-order chi connectivity index (χ0) is 6.24. The molecule has 0 saturated carbocycles. The van der Waals surface area contributed by atoms with E-state index in [9.17, 15) is 0 Å². The molecule has 0 saturated heterocycles. The van der Waals surface area contributed by atoms with Crippen LogP contribution in [0.4, 0.5) is 0 Å². The molecule has 0 N–H and O–H groups in total. The minimum absolute atomic E-state index is 0.634. The molecule has 0 spiro atoms. The van der Waals surface area contributed by atoms with Gasteiger partial charge in [0, 0.05) is 12.8 Å². The smallest absolute Gasteiger partial charge is 0.0622 e. The first-order chi connectivity index (χ1) is 3.91. The first-order valence-corrected chi connectivity index (χ1v) is 2.68. The lowest BCUT2D eigenvalue weighted by atomic mass is 10.2. The maximum absolute atomic E-state index is 8.07. The van der Waals surface area contributed by atoms with E-state index in [1.165, 1.54) is 0 Å². The van der Waals surface area contributed by atoms with Gasteiger partial charge in [0.25, 0.3) is 0 Å². The molecule has 1 heteroatoms. The summed E-state index contributed by atoms with van der Waals surface area (Å²) in [6, 6.07) is 2.06. The summed E-state index contributed by atoms with van der Waals surface area (Å²) in [6.07, 6.45) is 2.41. The molecule has 0 fully saturated rings. The summed E-state index contributed by atoms with van der Waals surface area (Å²) in [5.74, 6) is 5.65. The number of hydrogen-bond donors (Lipinski definition) is 0. The third-order valence-electron chi connectivity index (χ3n) is 0.767. The highest BCUT2D eigenvalue weighted by Gasteiger charge is 1.77. The average Bonchev–Trinajstić information content (AvgIpc) is 1.81. The van der Waals surface area contributed by atoms with E-state index in [-0.39, 0.29) is 0 Å². The molecular weight excluding hydrogens is 98.1 g/mol. The number of unbranched alkanes of at least 4 members (excludes halogenated alkanes) is 2. The minimum atomic E-state index is 0.634. The molecule has 0 unspecified atom stereocenters. The molecule has 0 aromatic carbocycles. The summed E-state index contributed by atoms with van der Waals surface area (Å²) >= 11 is 0. The van der Waals surface area contributed by atoms with Crippen LogP contribution in [0.25, 0.3) is 0 Å². The van der Waals surface area contributed by atoms with Crippen molar-refractivity contribution in [3.8, 4) is 17.9 Å². The van der Waals surface area contributed by atoms with Crippen molar-refractivity contribution in [2.24, 2.45) is 0 Å². The van der Waals surface area contributed by atoms with Gasteiger partial charge >= 0.3 is 0 Å². The van der Waals surface area contributed by atoms with Crippen LogP contribution in [-0.2, 0) is 0 Å². The van der Waals surface area contributed by atoms with E-state index in [4.69, 9.17) is 5.26 Å². The molecule has 0 aromatic heterocycles. The van der Waals surface area contributed by atoms with E-state index < -0.39 is 0 Å². The van der Waals surface area contributed by atoms with Gasteiger partial charge < -0.3 is 0 Å². The molecule has 0 bridgehead atoms. The van der Waals surface area contributed by atoms with Gasteiger partial charge in [0.05, 0.1) is 6.07 Å². The van der Waals surface area contributed by atoms with Crippen molar-refractivity contribution in [3.05, 3.63) is 0 Å². The Morgan fingerprint density at radius 2 is 2.12 bits per heavy atom. The second-order valence-electron chi connectivity index (χ2n) is 1.44. The van der Waals surface area contributed by atoms with Crippen LogP contribution in [0.3, 0.4) is 0 Å². The third kappa shape index (κ3) is 5.05. The predicted octanol–water partition coefficient (Wildman–Crippen LogP) is 1.70. The van der Waals surface area contributed by atoms with Crippen molar-refractivity contribution in [1.29, 1.82) is 5.26 Å². The maximum atomic E-state index is 8.07. The highest BCUT2D eigenvalue weighted by molar-refractivity contribution is 4.95. The van der Waals surface area contributed by atoms with Crippen LogP contribution in [0.2, 0.25) is 0 Å². The monoisotopic (exact) mass is 107 g/mol. The van der Waals surface area contributed by atoms with Gasteiger partial charge in [-0.3, -0.25) is 0 Å². The Morgan fingerprint density at radius 1 is 1.38 bits per heavy atom. The van der Waals surface area contributed by atoms with Crippen LogP contribution in [0.5, 0.6) is 0 Å². The van der Waals surface area contributed by atoms with E-state index in [2.05, 4.69) is 17.9 Å². The molecule has 0 aromatic rings. The van der Waals surface area contributed by atoms with Crippen LogP contribution < -0.4 is 0 Å². The maximum Gasteiger partial charge on any atom is 0.0622 e. The normalized spacial score (nSPS) is 6.50. The predicted molar refractivity (Wildman–Crippen MR) is 32.9 cm³/mol. The van der Waals surface area contributed by atoms with E-state index in [1.54, 1.807) is 0 Å². The van der Waals surface area contributed by atoms with Crippen LogP contribution in [-0.4, -0.2) is 0 Å². The van der Waals surface area contributed by atoms with Crippen LogP contribution in [0, 0.1) is 23.2 Å². The van der Waals surface area contributed by atoms with E-state index >= 15 is 0 Å². The topological polar surface area (TPSA) is 23.8 Å².